The molecule has 2 aromatic rings. The van der Waals surface area contributed by atoms with Gasteiger partial charge in [-0.3, -0.25) is 4.79 Å². The fourth-order valence-electron chi connectivity index (χ4n) is 2.46. The van der Waals surface area contributed by atoms with E-state index in [9.17, 15) is 4.79 Å². The number of aryl methyl sites for hydroxylation is 3. The Morgan fingerprint density at radius 2 is 1.57 bits per heavy atom. The summed E-state index contributed by atoms with van der Waals surface area (Å²) in [6.45, 7) is 7.96. The molecule has 0 heterocycles. The number of para-hydroxylation sites is 1. The molecule has 0 unspecified atom stereocenters. The van der Waals surface area contributed by atoms with E-state index in [0.717, 1.165) is 22.5 Å². The van der Waals surface area contributed by atoms with Gasteiger partial charge < -0.3 is 10.6 Å². The van der Waals surface area contributed by atoms with Gasteiger partial charge in [0.05, 0.1) is 0 Å². The maximum Gasteiger partial charge on any atom is 0.246 e. The third kappa shape index (κ3) is 3.85. The van der Waals surface area contributed by atoms with Crippen molar-refractivity contribution >= 4 is 17.3 Å². The Morgan fingerprint density at radius 1 is 1.00 bits per heavy atom. The van der Waals surface area contributed by atoms with Gasteiger partial charge in [-0.2, -0.15) is 0 Å². The molecule has 0 aliphatic heterocycles. The zero-order valence-electron chi connectivity index (χ0n) is 13.0. The largest absolute Gasteiger partial charge is 0.374 e. The van der Waals surface area contributed by atoms with Crippen molar-refractivity contribution in [3.05, 3.63) is 59.2 Å². The van der Waals surface area contributed by atoms with Crippen molar-refractivity contribution in [2.24, 2.45) is 0 Å². The quantitative estimate of drug-likeness (QED) is 0.888. The maximum atomic E-state index is 12.3. The lowest BCUT2D eigenvalue weighted by Gasteiger charge is -2.18. The van der Waals surface area contributed by atoms with Crippen LogP contribution < -0.4 is 10.6 Å². The molecule has 1 amide bonds. The highest BCUT2D eigenvalue weighted by atomic mass is 16.2. The molecule has 0 radical (unpaired) electrons. The number of benzene rings is 2. The Labute approximate surface area is 126 Å². The van der Waals surface area contributed by atoms with Crippen LogP contribution in [0.2, 0.25) is 0 Å². The third-order valence-electron chi connectivity index (χ3n) is 3.48. The van der Waals surface area contributed by atoms with Crippen LogP contribution in [0.4, 0.5) is 11.4 Å². The molecular weight excluding hydrogens is 260 g/mol. The second-order valence-electron chi connectivity index (χ2n) is 5.50. The fraction of sp³-hybridized carbons (Fsp3) is 0.278. The fourth-order valence-corrected chi connectivity index (χ4v) is 2.46. The van der Waals surface area contributed by atoms with Crippen LogP contribution in [0, 0.1) is 20.8 Å². The van der Waals surface area contributed by atoms with Crippen molar-refractivity contribution in [2.75, 3.05) is 10.6 Å². The second-order valence-corrected chi connectivity index (χ2v) is 5.50. The number of amides is 1. The van der Waals surface area contributed by atoms with Gasteiger partial charge in [0, 0.05) is 11.4 Å². The van der Waals surface area contributed by atoms with Gasteiger partial charge in [-0.05, 0) is 51.0 Å². The predicted molar refractivity (Wildman–Crippen MR) is 88.8 cm³/mol. The maximum absolute atomic E-state index is 12.3. The van der Waals surface area contributed by atoms with Crippen LogP contribution in [0.1, 0.15) is 23.6 Å². The normalized spacial score (nSPS) is 11.8. The van der Waals surface area contributed by atoms with Gasteiger partial charge >= 0.3 is 0 Å². The van der Waals surface area contributed by atoms with E-state index in [2.05, 4.69) is 29.7 Å². The first-order valence-corrected chi connectivity index (χ1v) is 7.17. The summed E-state index contributed by atoms with van der Waals surface area (Å²) in [7, 11) is 0. The molecule has 3 heteroatoms. The topological polar surface area (TPSA) is 41.1 Å². The zero-order valence-corrected chi connectivity index (χ0v) is 13.0. The zero-order chi connectivity index (χ0) is 15.4. The summed E-state index contributed by atoms with van der Waals surface area (Å²) in [6, 6.07) is 13.6. The molecule has 0 saturated heterocycles. The molecule has 0 saturated carbocycles. The molecule has 110 valence electrons. The summed E-state index contributed by atoms with van der Waals surface area (Å²) in [6.07, 6.45) is 0. The van der Waals surface area contributed by atoms with Crippen molar-refractivity contribution in [1.82, 2.24) is 0 Å². The summed E-state index contributed by atoms with van der Waals surface area (Å²) in [5.74, 6) is -0.0334. The van der Waals surface area contributed by atoms with Crippen molar-refractivity contribution in [2.45, 2.75) is 33.7 Å². The standard InChI is InChI=1S/C18H22N2O/c1-12-10-13(2)17(14(3)11-12)20-18(21)15(4)19-16-8-6-5-7-9-16/h5-11,15,19H,1-4H3,(H,20,21)/t15-/m0/s1. The molecule has 3 nitrogen and oxygen atoms in total. The van der Waals surface area contributed by atoms with Gasteiger partial charge in [0.25, 0.3) is 0 Å². The van der Waals surface area contributed by atoms with Gasteiger partial charge in [-0.25, -0.2) is 0 Å². The van der Waals surface area contributed by atoms with E-state index in [1.807, 2.05) is 51.1 Å². The number of hydrogen-bond donors (Lipinski definition) is 2. The Hall–Kier alpha value is -2.29. The van der Waals surface area contributed by atoms with Crippen LogP contribution in [0.25, 0.3) is 0 Å². The number of carbonyl (C=O) groups excluding carboxylic acids is 1. The smallest absolute Gasteiger partial charge is 0.246 e. The molecule has 0 aliphatic rings. The average Bonchev–Trinajstić information content (AvgIpc) is 2.43. The van der Waals surface area contributed by atoms with Crippen LogP contribution in [0.3, 0.4) is 0 Å². The van der Waals surface area contributed by atoms with Crippen LogP contribution in [-0.4, -0.2) is 11.9 Å². The number of anilines is 2. The summed E-state index contributed by atoms with van der Waals surface area (Å²) < 4.78 is 0. The number of rotatable bonds is 4. The molecule has 1 atom stereocenters. The molecule has 2 rings (SSSR count). The van der Waals surface area contributed by atoms with Gasteiger partial charge in [0.15, 0.2) is 0 Å². The summed E-state index contributed by atoms with van der Waals surface area (Å²) in [5, 5.41) is 6.22. The summed E-state index contributed by atoms with van der Waals surface area (Å²) in [5.41, 5.74) is 5.24. The van der Waals surface area contributed by atoms with E-state index in [-0.39, 0.29) is 11.9 Å². The van der Waals surface area contributed by atoms with Gasteiger partial charge in [-0.1, -0.05) is 35.9 Å². The number of hydrogen-bond acceptors (Lipinski definition) is 2. The SMILES string of the molecule is Cc1cc(C)c(NC(=O)[C@H](C)Nc2ccccc2)c(C)c1. The van der Waals surface area contributed by atoms with Crippen LogP contribution in [0.15, 0.2) is 42.5 Å². The van der Waals surface area contributed by atoms with Crippen molar-refractivity contribution < 1.29 is 4.79 Å². The van der Waals surface area contributed by atoms with Crippen molar-refractivity contribution in [3.8, 4) is 0 Å². The first-order valence-electron chi connectivity index (χ1n) is 7.17. The van der Waals surface area contributed by atoms with Crippen molar-refractivity contribution in [1.29, 1.82) is 0 Å². The lowest BCUT2D eigenvalue weighted by Crippen LogP contribution is -2.32. The van der Waals surface area contributed by atoms with E-state index in [4.69, 9.17) is 0 Å². The Bertz CT molecular complexity index is 612. The molecule has 0 fully saturated rings. The molecule has 21 heavy (non-hydrogen) atoms. The average molecular weight is 282 g/mol. The summed E-state index contributed by atoms with van der Waals surface area (Å²) >= 11 is 0. The first-order chi connectivity index (χ1) is 9.97. The molecular formula is C18H22N2O. The highest BCUT2D eigenvalue weighted by Gasteiger charge is 2.15. The molecule has 0 spiro atoms. The Kier molecular flexibility index (Phi) is 4.63. The minimum atomic E-state index is -0.299. The Balaban J connectivity index is 2.08. The van der Waals surface area contributed by atoms with Crippen LogP contribution >= 0.6 is 0 Å². The molecule has 2 aromatic carbocycles. The van der Waals surface area contributed by atoms with E-state index in [1.54, 1.807) is 0 Å². The van der Waals surface area contributed by atoms with Gasteiger partial charge in [-0.15, -0.1) is 0 Å². The molecule has 0 aliphatic carbocycles. The predicted octanol–water partition coefficient (Wildman–Crippen LogP) is 4.05. The Morgan fingerprint density at radius 3 is 2.14 bits per heavy atom. The lowest BCUT2D eigenvalue weighted by atomic mass is 10.0. The molecule has 0 aromatic heterocycles. The second kappa shape index (κ2) is 6.44. The van der Waals surface area contributed by atoms with Crippen LogP contribution in [-0.2, 0) is 4.79 Å². The van der Waals surface area contributed by atoms with Gasteiger partial charge in [0.2, 0.25) is 5.91 Å². The lowest BCUT2D eigenvalue weighted by molar-refractivity contribution is -0.116. The number of nitrogens with one attached hydrogen (secondary N) is 2. The van der Waals surface area contributed by atoms with E-state index in [0.29, 0.717) is 0 Å². The van der Waals surface area contributed by atoms with Crippen LogP contribution in [0.5, 0.6) is 0 Å². The minimum Gasteiger partial charge on any atom is -0.374 e. The highest BCUT2D eigenvalue weighted by Crippen LogP contribution is 2.22. The van der Waals surface area contributed by atoms with Crippen molar-refractivity contribution in [3.63, 3.8) is 0 Å². The minimum absolute atomic E-state index is 0.0334. The van der Waals surface area contributed by atoms with Gasteiger partial charge in [0.1, 0.15) is 6.04 Å². The molecule has 0 bridgehead atoms. The number of carbonyl (C=O) groups is 1. The monoisotopic (exact) mass is 282 g/mol. The highest BCUT2D eigenvalue weighted by molar-refractivity contribution is 5.97. The van der Waals surface area contributed by atoms with E-state index >= 15 is 0 Å². The third-order valence-corrected chi connectivity index (χ3v) is 3.48. The van der Waals surface area contributed by atoms with E-state index < -0.39 is 0 Å². The van der Waals surface area contributed by atoms with E-state index in [1.165, 1.54) is 5.56 Å². The first kappa shape index (κ1) is 15.1. The molecule has 2 N–H and O–H groups in total. The summed E-state index contributed by atoms with van der Waals surface area (Å²) in [4.78, 5) is 12.3.